The van der Waals surface area contributed by atoms with Gasteiger partial charge in [-0.05, 0) is 18.2 Å². The summed E-state index contributed by atoms with van der Waals surface area (Å²) in [5.41, 5.74) is 6.49. The van der Waals surface area contributed by atoms with Crippen molar-refractivity contribution in [2.75, 3.05) is 0 Å². The highest BCUT2D eigenvalue weighted by atomic mass is 16.5. The van der Waals surface area contributed by atoms with Crippen LogP contribution in [0.3, 0.4) is 0 Å². The smallest absolute Gasteiger partial charge is 0.240 e. The van der Waals surface area contributed by atoms with E-state index in [1.165, 1.54) is 0 Å². The first-order valence-electron chi connectivity index (χ1n) is 5.93. The molecule has 3 rings (SSSR count). The summed E-state index contributed by atoms with van der Waals surface area (Å²) in [7, 11) is 0. The van der Waals surface area contributed by atoms with Crippen LogP contribution in [0.15, 0.2) is 53.6 Å². The molecule has 0 aliphatic rings. The van der Waals surface area contributed by atoms with Crippen LogP contribution in [0.1, 0.15) is 23.3 Å². The molecule has 0 aliphatic heterocycles. The van der Waals surface area contributed by atoms with Gasteiger partial charge in [0.25, 0.3) is 0 Å². The lowest BCUT2D eigenvalue weighted by Gasteiger charge is -2.15. The van der Waals surface area contributed by atoms with Gasteiger partial charge in [-0.25, -0.2) is 0 Å². The molecule has 0 fully saturated rings. The first-order chi connectivity index (χ1) is 9.38. The molecule has 6 heteroatoms. The first-order valence-corrected chi connectivity index (χ1v) is 5.93. The molecule has 0 bridgehead atoms. The summed E-state index contributed by atoms with van der Waals surface area (Å²) in [6.45, 7) is 0.235. The van der Waals surface area contributed by atoms with Crippen LogP contribution in [-0.2, 0) is 6.54 Å². The Morgan fingerprint density at radius 1 is 1.26 bits per heavy atom. The van der Waals surface area contributed by atoms with Gasteiger partial charge in [0, 0.05) is 30.4 Å². The van der Waals surface area contributed by atoms with Crippen molar-refractivity contribution >= 4 is 0 Å². The van der Waals surface area contributed by atoms with Gasteiger partial charge in [0.1, 0.15) is 6.04 Å². The summed E-state index contributed by atoms with van der Waals surface area (Å²) < 4.78 is 7.10. The molecule has 0 saturated heterocycles. The standard InChI is InChI=1S/C13H13N5O/c14-8-11-16-13(17-19-11)12(18-6-1-2-7-18)10-4-3-5-15-9-10/h1-7,9,12H,8,14H2/t12-/m1/s1. The molecule has 19 heavy (non-hydrogen) atoms. The van der Waals surface area contributed by atoms with Gasteiger partial charge in [0.05, 0.1) is 6.54 Å². The Hall–Kier alpha value is -2.47. The fourth-order valence-corrected chi connectivity index (χ4v) is 1.97. The largest absolute Gasteiger partial charge is 0.339 e. The minimum atomic E-state index is -0.159. The zero-order chi connectivity index (χ0) is 13.1. The third-order valence-electron chi connectivity index (χ3n) is 2.83. The Labute approximate surface area is 109 Å². The average molecular weight is 255 g/mol. The summed E-state index contributed by atoms with van der Waals surface area (Å²) in [6.07, 6.45) is 7.44. The number of nitrogens with two attached hydrogens (primary N) is 1. The van der Waals surface area contributed by atoms with Gasteiger partial charge in [0.2, 0.25) is 5.89 Å². The van der Waals surface area contributed by atoms with Crippen LogP contribution in [0.4, 0.5) is 0 Å². The highest BCUT2D eigenvalue weighted by Crippen LogP contribution is 2.23. The first kappa shape index (κ1) is 11.6. The molecule has 0 amide bonds. The van der Waals surface area contributed by atoms with Crippen molar-refractivity contribution in [2.24, 2.45) is 5.73 Å². The fourth-order valence-electron chi connectivity index (χ4n) is 1.97. The van der Waals surface area contributed by atoms with Gasteiger partial charge in [-0.2, -0.15) is 4.98 Å². The van der Waals surface area contributed by atoms with E-state index in [0.29, 0.717) is 11.7 Å². The molecule has 1 atom stereocenters. The van der Waals surface area contributed by atoms with Crippen LogP contribution >= 0.6 is 0 Å². The van der Waals surface area contributed by atoms with Crippen molar-refractivity contribution < 1.29 is 4.52 Å². The van der Waals surface area contributed by atoms with Gasteiger partial charge < -0.3 is 14.8 Å². The Balaban J connectivity index is 2.07. The van der Waals surface area contributed by atoms with E-state index in [0.717, 1.165) is 5.56 Å². The van der Waals surface area contributed by atoms with Gasteiger partial charge in [-0.15, -0.1) is 0 Å². The number of aromatic nitrogens is 4. The minimum absolute atomic E-state index is 0.159. The lowest BCUT2D eigenvalue weighted by atomic mass is 10.1. The lowest BCUT2D eigenvalue weighted by molar-refractivity contribution is 0.371. The average Bonchev–Trinajstić information content (AvgIpc) is 3.12. The molecular weight excluding hydrogens is 242 g/mol. The molecule has 2 N–H and O–H groups in total. The number of nitrogens with zero attached hydrogens (tertiary/aromatic N) is 4. The third kappa shape index (κ3) is 2.25. The van der Waals surface area contributed by atoms with Crippen molar-refractivity contribution in [1.82, 2.24) is 19.7 Å². The van der Waals surface area contributed by atoms with Gasteiger partial charge >= 0.3 is 0 Å². The van der Waals surface area contributed by atoms with E-state index in [9.17, 15) is 0 Å². The molecule has 96 valence electrons. The second kappa shape index (κ2) is 5.03. The summed E-state index contributed by atoms with van der Waals surface area (Å²) >= 11 is 0. The van der Waals surface area contributed by atoms with E-state index in [4.69, 9.17) is 10.3 Å². The quantitative estimate of drug-likeness (QED) is 0.761. The Morgan fingerprint density at radius 3 is 2.74 bits per heavy atom. The van der Waals surface area contributed by atoms with E-state index >= 15 is 0 Å². The van der Waals surface area contributed by atoms with Crippen LogP contribution in [0.25, 0.3) is 0 Å². The van der Waals surface area contributed by atoms with Crippen LogP contribution in [0.5, 0.6) is 0 Å². The number of hydrogen-bond donors (Lipinski definition) is 1. The molecule has 0 spiro atoms. The Kier molecular flexibility index (Phi) is 3.07. The predicted octanol–water partition coefficient (Wildman–Crippen LogP) is 1.36. The second-order valence-electron chi connectivity index (χ2n) is 4.07. The maximum atomic E-state index is 5.51. The highest BCUT2D eigenvalue weighted by Gasteiger charge is 2.21. The van der Waals surface area contributed by atoms with Crippen LogP contribution in [0.2, 0.25) is 0 Å². The van der Waals surface area contributed by atoms with E-state index in [-0.39, 0.29) is 12.6 Å². The van der Waals surface area contributed by atoms with Gasteiger partial charge in [-0.3, -0.25) is 4.98 Å². The monoisotopic (exact) mass is 255 g/mol. The third-order valence-corrected chi connectivity index (χ3v) is 2.83. The van der Waals surface area contributed by atoms with Crippen LogP contribution in [-0.4, -0.2) is 19.7 Å². The molecule has 3 aromatic heterocycles. The van der Waals surface area contributed by atoms with Gasteiger partial charge in [0.15, 0.2) is 5.82 Å². The van der Waals surface area contributed by atoms with E-state index in [2.05, 4.69) is 15.1 Å². The Bertz CT molecular complexity index is 632. The molecule has 3 heterocycles. The topological polar surface area (TPSA) is 82.8 Å². The van der Waals surface area contributed by atoms with E-state index in [1.807, 2.05) is 41.2 Å². The number of pyridine rings is 1. The minimum Gasteiger partial charge on any atom is -0.339 e. The maximum absolute atomic E-state index is 5.51. The van der Waals surface area contributed by atoms with Crippen LogP contribution < -0.4 is 5.73 Å². The van der Waals surface area contributed by atoms with Crippen molar-refractivity contribution in [3.63, 3.8) is 0 Å². The summed E-state index contributed by atoms with van der Waals surface area (Å²) in [5, 5.41) is 4.00. The molecule has 0 saturated carbocycles. The maximum Gasteiger partial charge on any atom is 0.240 e. The molecule has 0 radical (unpaired) electrons. The van der Waals surface area contributed by atoms with Gasteiger partial charge in [-0.1, -0.05) is 11.2 Å². The zero-order valence-corrected chi connectivity index (χ0v) is 10.2. The molecule has 0 aromatic carbocycles. The van der Waals surface area contributed by atoms with Crippen molar-refractivity contribution in [3.8, 4) is 0 Å². The van der Waals surface area contributed by atoms with E-state index < -0.39 is 0 Å². The normalized spacial score (nSPS) is 12.5. The number of rotatable bonds is 4. The Morgan fingerprint density at radius 2 is 2.11 bits per heavy atom. The summed E-state index contributed by atoms with van der Waals surface area (Å²) in [6, 6.07) is 7.61. The fraction of sp³-hybridized carbons (Fsp3) is 0.154. The summed E-state index contributed by atoms with van der Waals surface area (Å²) in [4.78, 5) is 8.45. The number of hydrogen-bond acceptors (Lipinski definition) is 5. The van der Waals surface area contributed by atoms with Crippen molar-refractivity contribution in [3.05, 3.63) is 66.3 Å². The van der Waals surface area contributed by atoms with Crippen molar-refractivity contribution in [2.45, 2.75) is 12.6 Å². The SMILES string of the molecule is NCc1nc([C@@H](c2cccnc2)n2cccc2)no1. The predicted molar refractivity (Wildman–Crippen MR) is 68.1 cm³/mol. The summed E-state index contributed by atoms with van der Waals surface area (Å²) in [5.74, 6) is 1.00. The molecule has 0 aliphatic carbocycles. The second-order valence-corrected chi connectivity index (χ2v) is 4.07. The molecule has 6 nitrogen and oxygen atoms in total. The zero-order valence-electron chi connectivity index (χ0n) is 10.2. The molecular formula is C13H13N5O. The van der Waals surface area contributed by atoms with Crippen molar-refractivity contribution in [1.29, 1.82) is 0 Å². The molecule has 3 aromatic rings. The molecule has 0 unspecified atom stereocenters. The van der Waals surface area contributed by atoms with E-state index in [1.54, 1.807) is 12.4 Å². The highest BCUT2D eigenvalue weighted by molar-refractivity contribution is 5.23. The van der Waals surface area contributed by atoms with Crippen LogP contribution in [0, 0.1) is 0 Å². The lowest BCUT2D eigenvalue weighted by Crippen LogP contribution is -2.12.